The number of hydrogen-bond acceptors (Lipinski definition) is 3. The summed E-state index contributed by atoms with van der Waals surface area (Å²) in [6.45, 7) is 6.96. The number of piperidine rings is 1. The second-order valence-electron chi connectivity index (χ2n) is 9.21. The van der Waals surface area contributed by atoms with Gasteiger partial charge in [-0.25, -0.2) is 4.39 Å². The highest BCUT2D eigenvalue weighted by Gasteiger charge is 2.34. The summed E-state index contributed by atoms with van der Waals surface area (Å²) in [5.41, 5.74) is 2.32. The molecule has 2 aromatic rings. The zero-order valence-corrected chi connectivity index (χ0v) is 21.8. The molecule has 0 N–H and O–H groups in total. The number of carbonyl (C=O) groups excluding carboxylic acids is 1. The lowest BCUT2D eigenvalue weighted by molar-refractivity contribution is -0.124. The Morgan fingerprint density at radius 1 is 1.12 bits per heavy atom. The van der Waals surface area contributed by atoms with Gasteiger partial charge in [-0.3, -0.25) is 9.69 Å². The maximum atomic E-state index is 14.2. The summed E-state index contributed by atoms with van der Waals surface area (Å²) in [6.07, 6.45) is 3.18. The molecule has 2 heterocycles. The molecule has 2 aliphatic heterocycles. The molecule has 34 heavy (non-hydrogen) atoms. The SMILES string of the molecule is C[C@@H]1C[C@H](Cc2ccccc2F)CN(c2c(Cl)cc(CCCN3CCOCC3)cc2Cl)C1=O.Cl. The van der Waals surface area contributed by atoms with Gasteiger partial charge in [-0.1, -0.05) is 48.3 Å². The summed E-state index contributed by atoms with van der Waals surface area (Å²) in [4.78, 5) is 17.2. The number of rotatable bonds is 7. The summed E-state index contributed by atoms with van der Waals surface area (Å²) in [5, 5.41) is 0.993. The molecule has 0 unspecified atom stereocenters. The number of aryl methyl sites for hydroxylation is 1. The van der Waals surface area contributed by atoms with Crippen molar-refractivity contribution < 1.29 is 13.9 Å². The van der Waals surface area contributed by atoms with Crippen LogP contribution < -0.4 is 4.90 Å². The van der Waals surface area contributed by atoms with E-state index >= 15 is 0 Å². The highest BCUT2D eigenvalue weighted by Crippen LogP contribution is 2.39. The molecule has 4 rings (SSSR count). The Morgan fingerprint density at radius 2 is 1.79 bits per heavy atom. The molecule has 0 spiro atoms. The van der Waals surface area contributed by atoms with Gasteiger partial charge in [0.2, 0.25) is 5.91 Å². The third-order valence-electron chi connectivity index (χ3n) is 6.67. The Morgan fingerprint density at radius 3 is 2.47 bits per heavy atom. The molecule has 8 heteroatoms. The van der Waals surface area contributed by atoms with Crippen LogP contribution in [0, 0.1) is 17.7 Å². The molecule has 2 atom stereocenters. The van der Waals surface area contributed by atoms with Crippen LogP contribution in [0.15, 0.2) is 36.4 Å². The molecule has 0 saturated carbocycles. The Hall–Kier alpha value is -1.37. The lowest BCUT2D eigenvalue weighted by atomic mass is 9.85. The number of nitrogens with zero attached hydrogens (tertiary/aromatic N) is 2. The van der Waals surface area contributed by atoms with Crippen LogP contribution in [0.3, 0.4) is 0 Å². The Bertz CT molecular complexity index is 961. The van der Waals surface area contributed by atoms with Crippen LogP contribution in [0.2, 0.25) is 10.0 Å². The minimum atomic E-state index is -0.203. The van der Waals surface area contributed by atoms with Crippen LogP contribution in [-0.2, 0) is 22.4 Å². The first-order valence-electron chi connectivity index (χ1n) is 11.7. The van der Waals surface area contributed by atoms with Crippen molar-refractivity contribution in [2.75, 3.05) is 44.3 Å². The van der Waals surface area contributed by atoms with Gasteiger partial charge in [0, 0.05) is 25.6 Å². The smallest absolute Gasteiger partial charge is 0.229 e. The van der Waals surface area contributed by atoms with Gasteiger partial charge in [-0.2, -0.15) is 0 Å². The summed E-state index contributed by atoms with van der Waals surface area (Å²) in [6, 6.07) is 10.7. The predicted octanol–water partition coefficient (Wildman–Crippen LogP) is 6.05. The maximum absolute atomic E-state index is 14.2. The van der Waals surface area contributed by atoms with Gasteiger partial charge in [0.1, 0.15) is 5.82 Å². The van der Waals surface area contributed by atoms with Crippen molar-refractivity contribution in [3.63, 3.8) is 0 Å². The first-order chi connectivity index (χ1) is 15.9. The van der Waals surface area contributed by atoms with Gasteiger partial charge in [-0.05, 0) is 67.5 Å². The number of benzene rings is 2. The van der Waals surface area contributed by atoms with Crippen molar-refractivity contribution in [2.24, 2.45) is 11.8 Å². The van der Waals surface area contributed by atoms with Gasteiger partial charge in [0.25, 0.3) is 0 Å². The van der Waals surface area contributed by atoms with Crippen molar-refractivity contribution in [1.82, 2.24) is 4.90 Å². The third-order valence-corrected chi connectivity index (χ3v) is 7.25. The summed E-state index contributed by atoms with van der Waals surface area (Å²) in [7, 11) is 0. The van der Waals surface area contributed by atoms with Crippen LogP contribution in [-0.4, -0.2) is 50.2 Å². The number of amides is 1. The van der Waals surface area contributed by atoms with Gasteiger partial charge in [-0.15, -0.1) is 12.4 Å². The number of ether oxygens (including phenoxy) is 1. The molecule has 0 bridgehead atoms. The van der Waals surface area contributed by atoms with Crippen molar-refractivity contribution in [3.8, 4) is 0 Å². The largest absolute Gasteiger partial charge is 0.379 e. The van der Waals surface area contributed by atoms with Crippen LogP contribution in [0.1, 0.15) is 30.9 Å². The van der Waals surface area contributed by atoms with Crippen molar-refractivity contribution in [3.05, 3.63) is 63.4 Å². The minimum Gasteiger partial charge on any atom is -0.379 e. The highest BCUT2D eigenvalue weighted by molar-refractivity contribution is 6.40. The third kappa shape index (κ3) is 6.64. The average Bonchev–Trinajstić information content (AvgIpc) is 2.79. The number of anilines is 1. The van der Waals surface area contributed by atoms with E-state index in [2.05, 4.69) is 4.90 Å². The quantitative estimate of drug-likeness (QED) is 0.438. The molecule has 1 amide bonds. The zero-order valence-electron chi connectivity index (χ0n) is 19.4. The van der Waals surface area contributed by atoms with Gasteiger partial charge in [0.15, 0.2) is 0 Å². The van der Waals surface area contributed by atoms with E-state index in [9.17, 15) is 9.18 Å². The molecule has 2 aromatic carbocycles. The fourth-order valence-corrected chi connectivity index (χ4v) is 5.70. The Kier molecular flexibility index (Phi) is 10.0. The Balaban J connectivity index is 0.00000324. The van der Waals surface area contributed by atoms with E-state index in [1.807, 2.05) is 31.2 Å². The van der Waals surface area contributed by atoms with E-state index in [1.165, 1.54) is 6.07 Å². The molecule has 0 aromatic heterocycles. The standard InChI is InChI=1S/C26H31Cl2FN2O2.ClH/c1-18-13-20(14-21-6-2-3-7-24(21)29)17-31(26(18)32)25-22(27)15-19(16-23(25)28)5-4-8-30-9-11-33-12-10-30;/h2-3,6-7,15-16,18,20H,4-5,8-14,17H2,1H3;1H/t18-,20-;/m1./s1. The van der Waals surface area contributed by atoms with Crippen LogP contribution in [0.25, 0.3) is 0 Å². The van der Waals surface area contributed by atoms with E-state index in [1.54, 1.807) is 11.0 Å². The molecule has 2 fully saturated rings. The van der Waals surface area contributed by atoms with E-state index in [4.69, 9.17) is 27.9 Å². The topological polar surface area (TPSA) is 32.8 Å². The fraction of sp³-hybridized carbons (Fsp3) is 0.500. The minimum absolute atomic E-state index is 0. The molecule has 2 aliphatic rings. The lowest BCUT2D eigenvalue weighted by Gasteiger charge is -2.37. The maximum Gasteiger partial charge on any atom is 0.229 e. The lowest BCUT2D eigenvalue weighted by Crippen LogP contribution is -2.45. The molecule has 0 radical (unpaired) electrons. The number of halogens is 4. The van der Waals surface area contributed by atoms with E-state index in [0.717, 1.165) is 57.7 Å². The second-order valence-corrected chi connectivity index (χ2v) is 10.0. The predicted molar refractivity (Wildman–Crippen MR) is 139 cm³/mol. The highest BCUT2D eigenvalue weighted by atomic mass is 35.5. The van der Waals surface area contributed by atoms with E-state index < -0.39 is 0 Å². The first-order valence-corrected chi connectivity index (χ1v) is 12.5. The number of hydrogen-bond donors (Lipinski definition) is 0. The van der Waals surface area contributed by atoms with Crippen molar-refractivity contribution in [1.29, 1.82) is 0 Å². The molecule has 0 aliphatic carbocycles. The first kappa shape index (κ1) is 27.2. The summed E-state index contributed by atoms with van der Waals surface area (Å²) >= 11 is 13.4. The van der Waals surface area contributed by atoms with Crippen LogP contribution >= 0.6 is 35.6 Å². The van der Waals surface area contributed by atoms with E-state index in [0.29, 0.717) is 34.3 Å². The molecular weight excluding hydrogens is 498 g/mol. The van der Waals surface area contributed by atoms with Crippen molar-refractivity contribution >= 4 is 47.2 Å². The normalized spacial score (nSPS) is 21.4. The van der Waals surface area contributed by atoms with Gasteiger partial charge in [0.05, 0.1) is 28.9 Å². The average molecular weight is 530 g/mol. The Labute approximate surface area is 217 Å². The fourth-order valence-electron chi connectivity index (χ4n) is 4.97. The molecule has 2 saturated heterocycles. The zero-order chi connectivity index (χ0) is 23.4. The summed E-state index contributed by atoms with van der Waals surface area (Å²) in [5.74, 6) is -0.222. The molecular formula is C26H32Cl3FN2O2. The van der Waals surface area contributed by atoms with Crippen LogP contribution in [0.5, 0.6) is 0 Å². The monoisotopic (exact) mass is 528 g/mol. The van der Waals surface area contributed by atoms with E-state index in [-0.39, 0.29) is 36.0 Å². The molecule has 4 nitrogen and oxygen atoms in total. The van der Waals surface area contributed by atoms with Gasteiger partial charge >= 0.3 is 0 Å². The van der Waals surface area contributed by atoms with Crippen LogP contribution in [0.4, 0.5) is 10.1 Å². The van der Waals surface area contributed by atoms with Gasteiger partial charge < -0.3 is 9.64 Å². The second kappa shape index (κ2) is 12.5. The number of carbonyl (C=O) groups is 1. The summed E-state index contributed by atoms with van der Waals surface area (Å²) < 4.78 is 19.6. The molecule has 186 valence electrons. The number of morpholine rings is 1. The van der Waals surface area contributed by atoms with Crippen molar-refractivity contribution in [2.45, 2.75) is 32.6 Å².